The standard InChI is InChI=1S/C18H16F2N6/c1-11-7-12(14(20)8-13(11)19)17-18(15-3-2-5-25(15)23-17)24-6-4-16-21-9-22-26(16)10-24/h4,6-9H,2-3,5,10H2,1H3. The number of aromatic nitrogens is 5. The van der Waals surface area contributed by atoms with Crippen LogP contribution in [0.4, 0.5) is 14.5 Å². The van der Waals surface area contributed by atoms with Gasteiger partial charge in [0.05, 0.1) is 11.4 Å². The highest BCUT2D eigenvalue weighted by atomic mass is 19.1. The van der Waals surface area contributed by atoms with Gasteiger partial charge in [-0.15, -0.1) is 0 Å². The third kappa shape index (κ3) is 2.18. The van der Waals surface area contributed by atoms with E-state index in [9.17, 15) is 8.78 Å². The monoisotopic (exact) mass is 354 g/mol. The molecular formula is C18H16F2N6. The highest BCUT2D eigenvalue weighted by Crippen LogP contribution is 2.39. The lowest BCUT2D eigenvalue weighted by atomic mass is 10.0. The van der Waals surface area contributed by atoms with E-state index < -0.39 is 11.6 Å². The number of fused-ring (bicyclic) bond motifs is 2. The van der Waals surface area contributed by atoms with E-state index in [0.29, 0.717) is 23.5 Å². The number of hydrogen-bond acceptors (Lipinski definition) is 4. The minimum atomic E-state index is -0.603. The van der Waals surface area contributed by atoms with Crippen LogP contribution in [0.5, 0.6) is 0 Å². The van der Waals surface area contributed by atoms with E-state index in [0.717, 1.165) is 42.7 Å². The maximum Gasteiger partial charge on any atom is 0.154 e. The van der Waals surface area contributed by atoms with Gasteiger partial charge in [0.2, 0.25) is 0 Å². The Morgan fingerprint density at radius 3 is 2.88 bits per heavy atom. The molecular weight excluding hydrogens is 338 g/mol. The van der Waals surface area contributed by atoms with Gasteiger partial charge in [-0.25, -0.2) is 18.4 Å². The summed E-state index contributed by atoms with van der Waals surface area (Å²) in [4.78, 5) is 6.18. The average molecular weight is 354 g/mol. The molecule has 2 aliphatic rings. The van der Waals surface area contributed by atoms with Crippen LogP contribution < -0.4 is 4.90 Å². The molecule has 0 saturated carbocycles. The summed E-state index contributed by atoms with van der Waals surface area (Å²) in [5, 5.41) is 8.86. The molecule has 3 aromatic rings. The van der Waals surface area contributed by atoms with Crippen LogP contribution >= 0.6 is 0 Å². The molecule has 0 aliphatic carbocycles. The SMILES string of the molecule is Cc1cc(-c2nn3c(c2N2C=Cc4ncnn4C2)CCC3)c(F)cc1F. The van der Waals surface area contributed by atoms with Crippen molar-refractivity contribution in [3.05, 3.63) is 53.4 Å². The molecule has 0 saturated heterocycles. The summed E-state index contributed by atoms with van der Waals surface area (Å²) in [6.45, 7) is 2.90. The third-order valence-corrected chi connectivity index (χ3v) is 4.94. The van der Waals surface area contributed by atoms with Crippen LogP contribution in [0.3, 0.4) is 0 Å². The lowest BCUT2D eigenvalue weighted by Crippen LogP contribution is -2.26. The second kappa shape index (κ2) is 5.48. The number of rotatable bonds is 2. The maximum atomic E-state index is 14.6. The molecule has 5 rings (SSSR count). The summed E-state index contributed by atoms with van der Waals surface area (Å²) in [5.41, 5.74) is 3.17. The van der Waals surface area contributed by atoms with Gasteiger partial charge in [0.1, 0.15) is 30.3 Å². The van der Waals surface area contributed by atoms with Crippen molar-refractivity contribution in [2.45, 2.75) is 33.0 Å². The van der Waals surface area contributed by atoms with Crippen LogP contribution in [0.1, 0.15) is 23.5 Å². The normalized spacial score (nSPS) is 15.4. The molecule has 0 unspecified atom stereocenters. The topological polar surface area (TPSA) is 51.8 Å². The Bertz CT molecular complexity index is 1050. The summed E-state index contributed by atoms with van der Waals surface area (Å²) in [5.74, 6) is -0.381. The predicted octanol–water partition coefficient (Wildman–Crippen LogP) is 3.12. The Labute approximate surface area is 148 Å². The Kier molecular flexibility index (Phi) is 3.22. The smallest absolute Gasteiger partial charge is 0.154 e. The van der Waals surface area contributed by atoms with Crippen molar-refractivity contribution >= 4 is 11.8 Å². The van der Waals surface area contributed by atoms with Crippen molar-refractivity contribution in [2.24, 2.45) is 0 Å². The Hall–Kier alpha value is -3.03. The molecule has 6 nitrogen and oxygen atoms in total. The number of benzene rings is 1. The van der Waals surface area contributed by atoms with E-state index in [1.54, 1.807) is 11.6 Å². The number of aryl methyl sites for hydroxylation is 2. The molecule has 26 heavy (non-hydrogen) atoms. The summed E-state index contributed by atoms with van der Waals surface area (Å²) >= 11 is 0. The first-order valence-corrected chi connectivity index (χ1v) is 8.50. The van der Waals surface area contributed by atoms with Gasteiger partial charge in [-0.05, 0) is 37.5 Å². The first-order valence-electron chi connectivity index (χ1n) is 8.50. The van der Waals surface area contributed by atoms with Crippen molar-refractivity contribution in [3.8, 4) is 11.3 Å². The maximum absolute atomic E-state index is 14.6. The minimum Gasteiger partial charge on any atom is -0.324 e. The van der Waals surface area contributed by atoms with E-state index in [1.165, 1.54) is 12.4 Å². The molecule has 0 amide bonds. The predicted molar refractivity (Wildman–Crippen MR) is 92.2 cm³/mol. The lowest BCUT2D eigenvalue weighted by molar-refractivity contribution is 0.578. The molecule has 2 aliphatic heterocycles. The average Bonchev–Trinajstić information content (AvgIpc) is 3.32. The molecule has 0 fully saturated rings. The second-order valence-corrected chi connectivity index (χ2v) is 6.60. The largest absolute Gasteiger partial charge is 0.324 e. The molecule has 8 heteroatoms. The highest BCUT2D eigenvalue weighted by Gasteiger charge is 2.29. The number of anilines is 1. The molecule has 0 atom stereocenters. The molecule has 0 N–H and O–H groups in total. The molecule has 1 aromatic carbocycles. The van der Waals surface area contributed by atoms with Crippen LogP contribution in [0.15, 0.2) is 24.7 Å². The number of nitrogens with zero attached hydrogens (tertiary/aromatic N) is 6. The first kappa shape index (κ1) is 15.2. The second-order valence-electron chi connectivity index (χ2n) is 6.60. The molecule has 0 bridgehead atoms. The van der Waals surface area contributed by atoms with E-state index in [2.05, 4.69) is 15.2 Å². The zero-order chi connectivity index (χ0) is 17.8. The molecule has 132 valence electrons. The van der Waals surface area contributed by atoms with Crippen LogP contribution in [0.25, 0.3) is 17.3 Å². The highest BCUT2D eigenvalue weighted by molar-refractivity contribution is 5.80. The van der Waals surface area contributed by atoms with Gasteiger partial charge in [-0.2, -0.15) is 10.2 Å². The summed E-state index contributed by atoms with van der Waals surface area (Å²) < 4.78 is 32.0. The fourth-order valence-electron chi connectivity index (χ4n) is 3.64. The van der Waals surface area contributed by atoms with Crippen molar-refractivity contribution in [1.82, 2.24) is 24.5 Å². The van der Waals surface area contributed by atoms with E-state index in [1.807, 2.05) is 21.9 Å². The fourth-order valence-corrected chi connectivity index (χ4v) is 3.64. The van der Waals surface area contributed by atoms with Crippen LogP contribution in [-0.2, 0) is 19.6 Å². The van der Waals surface area contributed by atoms with Crippen molar-refractivity contribution in [2.75, 3.05) is 4.90 Å². The van der Waals surface area contributed by atoms with Crippen molar-refractivity contribution in [1.29, 1.82) is 0 Å². The zero-order valence-corrected chi connectivity index (χ0v) is 14.2. The molecule has 0 radical (unpaired) electrons. The van der Waals surface area contributed by atoms with Gasteiger partial charge in [0.15, 0.2) is 5.82 Å². The Morgan fingerprint density at radius 2 is 2.00 bits per heavy atom. The zero-order valence-electron chi connectivity index (χ0n) is 14.2. The minimum absolute atomic E-state index is 0.318. The lowest BCUT2D eigenvalue weighted by Gasteiger charge is -2.25. The third-order valence-electron chi connectivity index (χ3n) is 4.94. The Morgan fingerprint density at radius 1 is 1.12 bits per heavy atom. The van der Waals surface area contributed by atoms with Crippen molar-refractivity contribution in [3.63, 3.8) is 0 Å². The molecule has 2 aromatic heterocycles. The van der Waals surface area contributed by atoms with E-state index in [4.69, 9.17) is 0 Å². The first-order chi connectivity index (χ1) is 12.6. The summed E-state index contributed by atoms with van der Waals surface area (Å²) in [6, 6.07) is 2.46. The number of hydrogen-bond donors (Lipinski definition) is 0. The van der Waals surface area contributed by atoms with Crippen molar-refractivity contribution < 1.29 is 8.78 Å². The molecule has 0 spiro atoms. The number of halogens is 2. The quantitative estimate of drug-likeness (QED) is 0.710. The van der Waals surface area contributed by atoms with Gasteiger partial charge in [-0.1, -0.05) is 0 Å². The van der Waals surface area contributed by atoms with Gasteiger partial charge < -0.3 is 4.90 Å². The Balaban J connectivity index is 1.68. The van der Waals surface area contributed by atoms with Gasteiger partial charge >= 0.3 is 0 Å². The van der Waals surface area contributed by atoms with Gasteiger partial charge in [0, 0.05) is 24.4 Å². The fraction of sp³-hybridized carbons (Fsp3) is 0.278. The van der Waals surface area contributed by atoms with Crippen LogP contribution in [0, 0.1) is 18.6 Å². The van der Waals surface area contributed by atoms with Gasteiger partial charge in [-0.3, -0.25) is 4.68 Å². The van der Waals surface area contributed by atoms with Gasteiger partial charge in [0.25, 0.3) is 0 Å². The van der Waals surface area contributed by atoms with E-state index in [-0.39, 0.29) is 0 Å². The van der Waals surface area contributed by atoms with E-state index >= 15 is 0 Å². The molecule has 4 heterocycles. The van der Waals surface area contributed by atoms with Crippen LogP contribution in [-0.4, -0.2) is 24.5 Å². The summed E-state index contributed by atoms with van der Waals surface area (Å²) in [6.07, 6.45) is 7.17. The van der Waals surface area contributed by atoms with Crippen LogP contribution in [0.2, 0.25) is 0 Å². The summed E-state index contributed by atoms with van der Waals surface area (Å²) in [7, 11) is 0.